The number of carbonyl (C=O) groups excluding carboxylic acids is 1. The maximum Gasteiger partial charge on any atom is 0.326 e. The third-order valence-electron chi connectivity index (χ3n) is 3.05. The summed E-state index contributed by atoms with van der Waals surface area (Å²) in [5.74, 6) is 0.350. The standard InChI is InChI=1S/C14H12ClN5O/c1-9-10(15)5-4-6-11(9)16-14(21)17-13-19-18-12-7-2-3-8-20(12)13/h2-8H,1H3,(H2,16,17,19,21). The van der Waals surface area contributed by atoms with Crippen LogP contribution in [0, 0.1) is 6.92 Å². The number of benzene rings is 1. The second kappa shape index (κ2) is 5.41. The molecule has 2 N–H and O–H groups in total. The molecule has 0 fully saturated rings. The van der Waals surface area contributed by atoms with Crippen LogP contribution in [-0.4, -0.2) is 20.6 Å². The van der Waals surface area contributed by atoms with Crippen molar-refractivity contribution in [2.24, 2.45) is 0 Å². The van der Waals surface area contributed by atoms with Crippen molar-refractivity contribution in [3.8, 4) is 0 Å². The molecular weight excluding hydrogens is 290 g/mol. The van der Waals surface area contributed by atoms with Gasteiger partial charge in [-0.05, 0) is 36.8 Å². The summed E-state index contributed by atoms with van der Waals surface area (Å²) in [5.41, 5.74) is 2.11. The molecule has 0 radical (unpaired) electrons. The highest BCUT2D eigenvalue weighted by molar-refractivity contribution is 6.31. The van der Waals surface area contributed by atoms with E-state index in [1.807, 2.05) is 19.1 Å². The van der Waals surface area contributed by atoms with Crippen LogP contribution in [0.4, 0.5) is 16.4 Å². The first-order chi connectivity index (χ1) is 10.1. The van der Waals surface area contributed by atoms with Crippen molar-refractivity contribution in [3.05, 3.63) is 53.2 Å². The Bertz CT molecular complexity index is 814. The van der Waals surface area contributed by atoms with Gasteiger partial charge in [-0.2, -0.15) is 0 Å². The normalized spacial score (nSPS) is 10.6. The molecule has 1 aromatic carbocycles. The van der Waals surface area contributed by atoms with Crippen LogP contribution in [-0.2, 0) is 0 Å². The second-order valence-corrected chi connectivity index (χ2v) is 4.85. The summed E-state index contributed by atoms with van der Waals surface area (Å²) in [4.78, 5) is 12.0. The van der Waals surface area contributed by atoms with Gasteiger partial charge in [0.05, 0.1) is 0 Å². The number of urea groups is 1. The summed E-state index contributed by atoms with van der Waals surface area (Å²) in [6.07, 6.45) is 1.77. The van der Waals surface area contributed by atoms with E-state index in [9.17, 15) is 4.79 Å². The summed E-state index contributed by atoms with van der Waals surface area (Å²) in [6, 6.07) is 10.4. The van der Waals surface area contributed by atoms with Crippen LogP contribution >= 0.6 is 11.6 Å². The van der Waals surface area contributed by atoms with Gasteiger partial charge in [-0.1, -0.05) is 23.7 Å². The van der Waals surface area contributed by atoms with Gasteiger partial charge in [0.1, 0.15) is 0 Å². The zero-order chi connectivity index (χ0) is 14.8. The molecule has 0 aliphatic rings. The Morgan fingerprint density at radius 2 is 2.00 bits per heavy atom. The summed E-state index contributed by atoms with van der Waals surface area (Å²) in [7, 11) is 0. The third kappa shape index (κ3) is 2.66. The van der Waals surface area contributed by atoms with Gasteiger partial charge >= 0.3 is 6.03 Å². The molecule has 0 saturated carbocycles. The fraction of sp³-hybridized carbons (Fsp3) is 0.0714. The lowest BCUT2D eigenvalue weighted by Crippen LogP contribution is -2.21. The maximum absolute atomic E-state index is 12.0. The number of nitrogens with one attached hydrogen (secondary N) is 2. The molecule has 0 aliphatic carbocycles. The fourth-order valence-corrected chi connectivity index (χ4v) is 2.10. The number of aromatic nitrogens is 3. The lowest BCUT2D eigenvalue weighted by atomic mass is 10.2. The summed E-state index contributed by atoms with van der Waals surface area (Å²) in [6.45, 7) is 1.84. The van der Waals surface area contributed by atoms with Gasteiger partial charge in [0.15, 0.2) is 5.65 Å². The minimum atomic E-state index is -0.404. The van der Waals surface area contributed by atoms with Gasteiger partial charge in [0, 0.05) is 16.9 Å². The van der Waals surface area contributed by atoms with Crippen molar-refractivity contribution < 1.29 is 4.79 Å². The van der Waals surface area contributed by atoms with E-state index >= 15 is 0 Å². The molecule has 0 spiro atoms. The zero-order valence-corrected chi connectivity index (χ0v) is 11.9. The predicted molar refractivity (Wildman–Crippen MR) is 81.8 cm³/mol. The number of halogens is 1. The summed E-state index contributed by atoms with van der Waals surface area (Å²) >= 11 is 6.02. The van der Waals surface area contributed by atoms with Crippen molar-refractivity contribution in [1.82, 2.24) is 14.6 Å². The Morgan fingerprint density at radius 1 is 1.14 bits per heavy atom. The van der Waals surface area contributed by atoms with Crippen molar-refractivity contribution in [1.29, 1.82) is 0 Å². The van der Waals surface area contributed by atoms with E-state index in [0.717, 1.165) is 5.56 Å². The molecule has 7 heteroatoms. The highest BCUT2D eigenvalue weighted by atomic mass is 35.5. The van der Waals surface area contributed by atoms with Crippen molar-refractivity contribution in [3.63, 3.8) is 0 Å². The SMILES string of the molecule is Cc1c(Cl)cccc1NC(=O)Nc1nnc2ccccn12. The maximum atomic E-state index is 12.0. The van der Waals surface area contributed by atoms with Gasteiger partial charge in [-0.3, -0.25) is 9.72 Å². The highest BCUT2D eigenvalue weighted by Crippen LogP contribution is 2.23. The van der Waals surface area contributed by atoms with E-state index in [1.54, 1.807) is 34.9 Å². The second-order valence-electron chi connectivity index (χ2n) is 4.44. The molecule has 0 saturated heterocycles. The minimum Gasteiger partial charge on any atom is -0.307 e. The molecule has 6 nitrogen and oxygen atoms in total. The molecule has 0 aliphatic heterocycles. The summed E-state index contributed by atoms with van der Waals surface area (Å²) in [5, 5.41) is 13.9. The number of carbonyl (C=O) groups is 1. The average molecular weight is 302 g/mol. The van der Waals surface area contributed by atoms with E-state index in [2.05, 4.69) is 20.8 Å². The fourth-order valence-electron chi connectivity index (χ4n) is 1.92. The first-order valence-corrected chi connectivity index (χ1v) is 6.66. The van der Waals surface area contributed by atoms with E-state index in [0.29, 0.717) is 22.3 Å². The molecular formula is C14H12ClN5O. The van der Waals surface area contributed by atoms with Crippen LogP contribution in [0.1, 0.15) is 5.56 Å². The van der Waals surface area contributed by atoms with Crippen molar-refractivity contribution >= 4 is 34.9 Å². The molecule has 2 heterocycles. The molecule has 2 aromatic heterocycles. The Morgan fingerprint density at radius 3 is 2.86 bits per heavy atom. The lowest BCUT2D eigenvalue weighted by Gasteiger charge is -2.09. The molecule has 0 bridgehead atoms. The topological polar surface area (TPSA) is 71.3 Å². The largest absolute Gasteiger partial charge is 0.326 e. The minimum absolute atomic E-state index is 0.350. The zero-order valence-electron chi connectivity index (χ0n) is 11.2. The van der Waals surface area contributed by atoms with Crippen LogP contribution in [0.5, 0.6) is 0 Å². The highest BCUT2D eigenvalue weighted by Gasteiger charge is 2.10. The van der Waals surface area contributed by atoms with Gasteiger partial charge in [-0.15, -0.1) is 10.2 Å². The number of nitrogens with zero attached hydrogens (tertiary/aromatic N) is 3. The molecule has 0 unspecified atom stereocenters. The molecule has 3 aromatic rings. The van der Waals surface area contributed by atoms with E-state index in [4.69, 9.17) is 11.6 Å². The molecule has 106 valence electrons. The van der Waals surface area contributed by atoms with Gasteiger partial charge in [0.2, 0.25) is 5.95 Å². The Hall–Kier alpha value is -2.60. The first kappa shape index (κ1) is 13.4. The van der Waals surface area contributed by atoms with E-state index in [-0.39, 0.29) is 0 Å². The van der Waals surface area contributed by atoms with Gasteiger partial charge < -0.3 is 5.32 Å². The number of anilines is 2. The van der Waals surface area contributed by atoms with Crippen LogP contribution in [0.2, 0.25) is 5.02 Å². The van der Waals surface area contributed by atoms with Crippen LogP contribution in [0.15, 0.2) is 42.6 Å². The Balaban J connectivity index is 1.79. The number of amides is 2. The van der Waals surface area contributed by atoms with Crippen LogP contribution in [0.25, 0.3) is 5.65 Å². The molecule has 3 rings (SSSR count). The third-order valence-corrected chi connectivity index (χ3v) is 3.46. The average Bonchev–Trinajstić information content (AvgIpc) is 2.87. The smallest absolute Gasteiger partial charge is 0.307 e. The predicted octanol–water partition coefficient (Wildman–Crippen LogP) is 3.34. The molecule has 0 atom stereocenters. The number of fused-ring (bicyclic) bond motifs is 1. The van der Waals surface area contributed by atoms with Gasteiger partial charge in [-0.25, -0.2) is 4.79 Å². The number of pyridine rings is 1. The summed E-state index contributed by atoms with van der Waals surface area (Å²) < 4.78 is 1.68. The Kier molecular flexibility index (Phi) is 3.45. The molecule has 2 amide bonds. The van der Waals surface area contributed by atoms with E-state index in [1.165, 1.54) is 0 Å². The Labute approximate surface area is 125 Å². The van der Waals surface area contributed by atoms with Crippen molar-refractivity contribution in [2.75, 3.05) is 10.6 Å². The van der Waals surface area contributed by atoms with Crippen LogP contribution < -0.4 is 10.6 Å². The van der Waals surface area contributed by atoms with Crippen molar-refractivity contribution in [2.45, 2.75) is 6.92 Å². The number of hydrogen-bond acceptors (Lipinski definition) is 3. The first-order valence-electron chi connectivity index (χ1n) is 6.28. The monoisotopic (exact) mass is 301 g/mol. The quantitative estimate of drug-likeness (QED) is 0.762. The van der Waals surface area contributed by atoms with Crippen LogP contribution in [0.3, 0.4) is 0 Å². The van der Waals surface area contributed by atoms with E-state index < -0.39 is 6.03 Å². The number of rotatable bonds is 2. The van der Waals surface area contributed by atoms with Gasteiger partial charge in [0.25, 0.3) is 0 Å². The molecule has 21 heavy (non-hydrogen) atoms. The lowest BCUT2D eigenvalue weighted by molar-refractivity contribution is 0.262. The number of hydrogen-bond donors (Lipinski definition) is 2.